The van der Waals surface area contributed by atoms with Gasteiger partial charge in [-0.3, -0.25) is 9.48 Å². The number of aryl methyl sites for hydroxylation is 1. The fourth-order valence-corrected chi connectivity index (χ4v) is 2.40. The van der Waals surface area contributed by atoms with Gasteiger partial charge >= 0.3 is 0 Å². The Morgan fingerprint density at radius 1 is 1.22 bits per heavy atom. The Labute approximate surface area is 133 Å². The van der Waals surface area contributed by atoms with Crippen LogP contribution in [-0.4, -0.2) is 32.3 Å². The zero-order valence-electron chi connectivity index (χ0n) is 12.6. The summed E-state index contributed by atoms with van der Waals surface area (Å²) in [6, 6.07) is 13.8. The highest BCUT2D eigenvalue weighted by atomic mass is 16.3. The molecule has 1 atom stereocenters. The van der Waals surface area contributed by atoms with Crippen molar-refractivity contribution in [1.29, 1.82) is 0 Å². The molecular formula is C17H18N4O2. The molecule has 2 aromatic carbocycles. The normalized spacial score (nSPS) is 12.2. The maximum absolute atomic E-state index is 11.8. The zero-order valence-corrected chi connectivity index (χ0v) is 12.6. The van der Waals surface area contributed by atoms with E-state index < -0.39 is 6.10 Å². The average Bonchev–Trinajstić information content (AvgIpc) is 3.11. The Kier molecular flexibility index (Phi) is 4.63. The highest BCUT2D eigenvalue weighted by Gasteiger charge is 2.10. The summed E-state index contributed by atoms with van der Waals surface area (Å²) in [5.41, 5.74) is 0.792. The van der Waals surface area contributed by atoms with Crippen LogP contribution in [0.2, 0.25) is 0 Å². The maximum Gasteiger partial charge on any atom is 0.221 e. The lowest BCUT2D eigenvalue weighted by atomic mass is 10.0. The summed E-state index contributed by atoms with van der Waals surface area (Å²) in [5.74, 6) is -0.125. The predicted octanol–water partition coefficient (Wildman–Crippen LogP) is 1.67. The Hall–Kier alpha value is -2.73. The van der Waals surface area contributed by atoms with Crippen LogP contribution in [0.15, 0.2) is 55.1 Å². The molecule has 0 aliphatic heterocycles. The van der Waals surface area contributed by atoms with Gasteiger partial charge in [0.15, 0.2) is 0 Å². The summed E-state index contributed by atoms with van der Waals surface area (Å²) in [6.45, 7) is 0.659. The molecule has 1 heterocycles. The Morgan fingerprint density at radius 3 is 2.83 bits per heavy atom. The fraction of sp³-hybridized carbons (Fsp3) is 0.235. The molecule has 23 heavy (non-hydrogen) atoms. The van der Waals surface area contributed by atoms with Gasteiger partial charge in [-0.25, -0.2) is 4.98 Å². The predicted molar refractivity (Wildman–Crippen MR) is 86.6 cm³/mol. The lowest BCUT2D eigenvalue weighted by Crippen LogP contribution is -2.29. The smallest absolute Gasteiger partial charge is 0.221 e. The van der Waals surface area contributed by atoms with Gasteiger partial charge in [-0.05, 0) is 22.4 Å². The molecule has 0 saturated heterocycles. The van der Waals surface area contributed by atoms with E-state index in [4.69, 9.17) is 0 Å². The van der Waals surface area contributed by atoms with Gasteiger partial charge in [-0.1, -0.05) is 36.4 Å². The molecule has 0 aliphatic rings. The van der Waals surface area contributed by atoms with E-state index in [1.807, 2.05) is 42.5 Å². The van der Waals surface area contributed by atoms with Crippen LogP contribution in [0.1, 0.15) is 18.1 Å². The number of nitrogens with one attached hydrogen (secondary N) is 1. The quantitative estimate of drug-likeness (QED) is 0.726. The van der Waals surface area contributed by atoms with Crippen molar-refractivity contribution >= 4 is 16.7 Å². The number of carbonyl (C=O) groups excluding carboxylic acids is 1. The van der Waals surface area contributed by atoms with E-state index in [1.165, 1.54) is 6.33 Å². The number of nitrogens with zero attached hydrogens (tertiary/aromatic N) is 3. The Morgan fingerprint density at radius 2 is 2.04 bits per heavy atom. The molecule has 0 bridgehead atoms. The first-order valence-electron chi connectivity index (χ1n) is 7.48. The third-order valence-electron chi connectivity index (χ3n) is 3.69. The third kappa shape index (κ3) is 3.92. The largest absolute Gasteiger partial charge is 0.387 e. The monoisotopic (exact) mass is 310 g/mol. The van der Waals surface area contributed by atoms with E-state index in [9.17, 15) is 9.90 Å². The summed E-state index contributed by atoms with van der Waals surface area (Å²) in [7, 11) is 0. The first-order chi connectivity index (χ1) is 11.2. The highest BCUT2D eigenvalue weighted by molar-refractivity contribution is 5.83. The maximum atomic E-state index is 11.8. The molecule has 2 N–H and O–H groups in total. The van der Waals surface area contributed by atoms with Gasteiger partial charge in [0.25, 0.3) is 0 Å². The molecule has 6 heteroatoms. The number of rotatable bonds is 6. The van der Waals surface area contributed by atoms with Gasteiger partial charge in [-0.2, -0.15) is 5.10 Å². The molecule has 1 aromatic heterocycles. The molecule has 118 valence electrons. The van der Waals surface area contributed by atoms with Crippen LogP contribution >= 0.6 is 0 Å². The van der Waals surface area contributed by atoms with Crippen molar-refractivity contribution in [3.8, 4) is 0 Å². The number of hydrogen-bond donors (Lipinski definition) is 2. The second-order valence-electron chi connectivity index (χ2n) is 5.34. The van der Waals surface area contributed by atoms with Crippen LogP contribution in [-0.2, 0) is 11.3 Å². The summed E-state index contributed by atoms with van der Waals surface area (Å²) in [4.78, 5) is 15.6. The molecule has 0 saturated carbocycles. The molecule has 1 amide bonds. The van der Waals surface area contributed by atoms with Gasteiger partial charge in [0.2, 0.25) is 5.91 Å². The minimum Gasteiger partial charge on any atom is -0.387 e. The number of aliphatic hydroxyl groups excluding tert-OH is 1. The Balaban J connectivity index is 1.53. The van der Waals surface area contributed by atoms with Crippen molar-refractivity contribution in [1.82, 2.24) is 20.1 Å². The van der Waals surface area contributed by atoms with Crippen molar-refractivity contribution in [2.75, 3.05) is 6.54 Å². The minimum atomic E-state index is -0.727. The fourth-order valence-electron chi connectivity index (χ4n) is 2.40. The average molecular weight is 310 g/mol. The first-order valence-corrected chi connectivity index (χ1v) is 7.48. The SMILES string of the molecule is O=C(CCn1cncn1)NCC(O)c1ccc2ccccc2c1. The summed E-state index contributed by atoms with van der Waals surface area (Å²) in [6.07, 6.45) is 2.57. The summed E-state index contributed by atoms with van der Waals surface area (Å²) < 4.78 is 1.60. The van der Waals surface area contributed by atoms with Gasteiger partial charge < -0.3 is 10.4 Å². The second-order valence-corrected chi connectivity index (χ2v) is 5.34. The van der Waals surface area contributed by atoms with Crippen molar-refractivity contribution in [2.24, 2.45) is 0 Å². The number of aromatic nitrogens is 3. The number of carbonyl (C=O) groups is 1. The van der Waals surface area contributed by atoms with Crippen LogP contribution in [0.25, 0.3) is 10.8 Å². The highest BCUT2D eigenvalue weighted by Crippen LogP contribution is 2.20. The second kappa shape index (κ2) is 7.02. The molecule has 0 aliphatic carbocycles. The summed E-state index contributed by atoms with van der Waals surface area (Å²) in [5, 5.41) is 19.1. The number of hydrogen-bond acceptors (Lipinski definition) is 4. The van der Waals surface area contributed by atoms with Gasteiger partial charge in [0.05, 0.1) is 12.6 Å². The van der Waals surface area contributed by atoms with Crippen molar-refractivity contribution in [3.63, 3.8) is 0 Å². The minimum absolute atomic E-state index is 0.125. The van der Waals surface area contributed by atoms with E-state index in [-0.39, 0.29) is 12.5 Å². The van der Waals surface area contributed by atoms with Crippen LogP contribution in [0.3, 0.4) is 0 Å². The topological polar surface area (TPSA) is 80.0 Å². The van der Waals surface area contributed by atoms with Gasteiger partial charge in [0, 0.05) is 13.0 Å². The zero-order chi connectivity index (χ0) is 16.1. The molecule has 0 fully saturated rings. The van der Waals surface area contributed by atoms with Crippen LogP contribution in [0, 0.1) is 0 Å². The van der Waals surface area contributed by atoms with Crippen molar-refractivity contribution in [3.05, 3.63) is 60.7 Å². The number of amides is 1. The van der Waals surface area contributed by atoms with Crippen LogP contribution in [0.5, 0.6) is 0 Å². The van der Waals surface area contributed by atoms with Gasteiger partial charge in [0.1, 0.15) is 12.7 Å². The third-order valence-corrected chi connectivity index (χ3v) is 3.69. The molecule has 3 aromatic rings. The summed E-state index contributed by atoms with van der Waals surface area (Å²) >= 11 is 0. The first kappa shape index (κ1) is 15.2. The number of fused-ring (bicyclic) bond motifs is 1. The Bertz CT molecular complexity index is 786. The lowest BCUT2D eigenvalue weighted by Gasteiger charge is -2.13. The van der Waals surface area contributed by atoms with E-state index in [0.717, 1.165) is 16.3 Å². The molecule has 0 radical (unpaired) electrons. The van der Waals surface area contributed by atoms with Crippen molar-refractivity contribution in [2.45, 2.75) is 19.1 Å². The van der Waals surface area contributed by atoms with Gasteiger partial charge in [-0.15, -0.1) is 0 Å². The van der Waals surface area contributed by atoms with E-state index >= 15 is 0 Å². The molecule has 3 rings (SSSR count). The van der Waals surface area contributed by atoms with E-state index in [2.05, 4.69) is 15.4 Å². The molecule has 0 spiro atoms. The molecular weight excluding hydrogens is 292 g/mol. The van der Waals surface area contributed by atoms with E-state index in [1.54, 1.807) is 11.0 Å². The standard InChI is InChI=1S/C17H18N4O2/c22-16(10-19-17(23)7-8-21-12-18-11-20-21)15-6-5-13-3-1-2-4-14(13)9-15/h1-6,9,11-12,16,22H,7-8,10H2,(H,19,23). The van der Waals surface area contributed by atoms with Crippen LogP contribution < -0.4 is 5.32 Å². The number of aliphatic hydroxyl groups is 1. The van der Waals surface area contributed by atoms with E-state index in [0.29, 0.717) is 13.0 Å². The molecule has 6 nitrogen and oxygen atoms in total. The molecule has 1 unspecified atom stereocenters. The number of benzene rings is 2. The van der Waals surface area contributed by atoms with Crippen molar-refractivity contribution < 1.29 is 9.90 Å². The van der Waals surface area contributed by atoms with Crippen LogP contribution in [0.4, 0.5) is 0 Å². The lowest BCUT2D eigenvalue weighted by molar-refractivity contribution is -0.121.